The van der Waals surface area contributed by atoms with Crippen LogP contribution in [0, 0.1) is 18.3 Å². The van der Waals surface area contributed by atoms with E-state index in [1.165, 1.54) is 0 Å². The zero-order chi connectivity index (χ0) is 29.9. The van der Waals surface area contributed by atoms with Crippen LogP contribution in [0.15, 0.2) is 42.7 Å². The van der Waals surface area contributed by atoms with Crippen LogP contribution in [0.1, 0.15) is 64.1 Å². The molecule has 4 radical (unpaired) electrons. The number of carbonyl (C=O) groups excluding carboxylic acids is 1. The summed E-state index contributed by atoms with van der Waals surface area (Å²) in [5, 5.41) is 8.37. The molecule has 3 heterocycles. The summed E-state index contributed by atoms with van der Waals surface area (Å²) in [6.07, 6.45) is 11.9. The number of rotatable bonds is 7. The first-order valence-corrected chi connectivity index (χ1v) is 15.5. The van der Waals surface area contributed by atoms with Gasteiger partial charge >= 0.3 is 0 Å². The van der Waals surface area contributed by atoms with Crippen LogP contribution in [0.3, 0.4) is 0 Å². The molecule has 2 aromatic carbocycles. The molecular formula is C31H34B2FN5OP2. The molecule has 3 aromatic rings. The van der Waals surface area contributed by atoms with Gasteiger partial charge in [-0.3, -0.25) is 14.1 Å². The predicted octanol–water partition coefficient (Wildman–Crippen LogP) is 3.96. The van der Waals surface area contributed by atoms with E-state index >= 15 is 4.39 Å². The van der Waals surface area contributed by atoms with Crippen molar-refractivity contribution < 1.29 is 9.18 Å². The van der Waals surface area contributed by atoms with Crippen molar-refractivity contribution in [2.45, 2.75) is 61.0 Å². The first-order valence-electron chi connectivity index (χ1n) is 14.3. The Morgan fingerprint density at radius 2 is 1.93 bits per heavy atom. The minimum atomic E-state index is -2.56. The average Bonchev–Trinajstić information content (AvgIpc) is 3.48. The normalized spacial score (nSPS) is 23.8. The van der Waals surface area contributed by atoms with Crippen molar-refractivity contribution >= 4 is 45.8 Å². The number of aromatic nitrogens is 3. The molecule has 2 fully saturated rings. The van der Waals surface area contributed by atoms with Crippen LogP contribution in [-0.2, 0) is 37.4 Å². The summed E-state index contributed by atoms with van der Waals surface area (Å²) in [6.45, 7) is 2.62. The minimum Gasteiger partial charge on any atom is -0.321 e. The van der Waals surface area contributed by atoms with Crippen molar-refractivity contribution in [1.29, 1.82) is 0 Å². The number of anilines is 1. The largest absolute Gasteiger partial charge is 0.321 e. The quantitative estimate of drug-likeness (QED) is 0.236. The summed E-state index contributed by atoms with van der Waals surface area (Å²) in [4.78, 5) is 18.1. The lowest BCUT2D eigenvalue weighted by Crippen LogP contribution is -2.43. The SMILES string of the molecule is [B]C([B])(F)c1cc(CN2CCC(P)(P)CC2)cc2c1CN(c1cccc(C3(Cc4nncn4C)CC(C#C)C3)c1)C2=O. The number of alkyl halides is 1. The molecule has 2 atom stereocenters. The van der Waals surface area contributed by atoms with Crippen LogP contribution in [0.2, 0.25) is 0 Å². The Balaban J connectivity index is 1.30. The van der Waals surface area contributed by atoms with Crippen molar-refractivity contribution in [2.24, 2.45) is 13.0 Å². The van der Waals surface area contributed by atoms with E-state index in [9.17, 15) is 4.79 Å². The van der Waals surface area contributed by atoms with Crippen molar-refractivity contribution in [3.8, 4) is 12.3 Å². The van der Waals surface area contributed by atoms with Gasteiger partial charge in [-0.2, -0.15) is 0 Å². The summed E-state index contributed by atoms with van der Waals surface area (Å²) in [5.74, 6) is 3.79. The van der Waals surface area contributed by atoms with Crippen molar-refractivity contribution in [3.63, 3.8) is 0 Å². The molecule has 6 nitrogen and oxygen atoms in total. The molecule has 1 saturated heterocycles. The van der Waals surface area contributed by atoms with Gasteiger partial charge in [-0.1, -0.05) is 18.2 Å². The fraction of sp³-hybridized carbons (Fsp3) is 0.452. The molecule has 6 rings (SSSR count). The van der Waals surface area contributed by atoms with Gasteiger partial charge in [0.25, 0.3) is 5.91 Å². The third-order valence-electron chi connectivity index (χ3n) is 9.29. The highest BCUT2D eigenvalue weighted by molar-refractivity contribution is 7.39. The molecule has 0 bridgehead atoms. The zero-order valence-corrected chi connectivity index (χ0v) is 26.2. The molecule has 42 heavy (non-hydrogen) atoms. The Bertz CT molecular complexity index is 1560. The van der Waals surface area contributed by atoms with Gasteiger partial charge in [0.1, 0.15) is 27.8 Å². The average molecular weight is 595 g/mol. The van der Waals surface area contributed by atoms with Crippen LogP contribution in [0.4, 0.5) is 10.1 Å². The number of terminal acetylenes is 1. The molecule has 1 aliphatic carbocycles. The number of amides is 1. The van der Waals surface area contributed by atoms with Gasteiger partial charge in [0.05, 0.1) is 12.0 Å². The zero-order valence-electron chi connectivity index (χ0n) is 23.9. The highest BCUT2D eigenvalue weighted by Gasteiger charge is 2.46. The summed E-state index contributed by atoms with van der Waals surface area (Å²) >= 11 is 0. The highest BCUT2D eigenvalue weighted by Crippen LogP contribution is 2.50. The maximum absolute atomic E-state index is 15.2. The number of hydrogen-bond acceptors (Lipinski definition) is 4. The Morgan fingerprint density at radius 1 is 1.19 bits per heavy atom. The smallest absolute Gasteiger partial charge is 0.258 e. The predicted molar refractivity (Wildman–Crippen MR) is 172 cm³/mol. The van der Waals surface area contributed by atoms with Gasteiger partial charge in [0.15, 0.2) is 0 Å². The lowest BCUT2D eigenvalue weighted by atomic mass is 9.57. The standard InChI is InChI=1S/C31H34B2FN5OP2/c1-3-20-14-29(15-20,16-27-36-35-19-37(27)2)22-5-4-6-23(13-22)39-18-25-24(28(39)40)11-21(12-26(25)31(32,33)34)17-38-9-7-30(41,42)8-10-38/h1,4-6,11-13,19-20H,7-10,14-18,41-42H2,2H3. The van der Waals surface area contributed by atoms with E-state index < -0.39 is 5.47 Å². The van der Waals surface area contributed by atoms with E-state index in [0.29, 0.717) is 24.1 Å². The van der Waals surface area contributed by atoms with Gasteiger partial charge in [-0.25, -0.2) is 0 Å². The Labute approximate surface area is 254 Å². The van der Waals surface area contributed by atoms with Crippen LogP contribution in [0.25, 0.3) is 0 Å². The molecule has 1 saturated carbocycles. The van der Waals surface area contributed by atoms with Crippen LogP contribution >= 0.6 is 18.5 Å². The number of nitrogens with zero attached hydrogens (tertiary/aromatic N) is 5. The molecule has 0 N–H and O–H groups in total. The second-order valence-corrected chi connectivity index (χ2v) is 15.4. The maximum Gasteiger partial charge on any atom is 0.258 e. The lowest BCUT2D eigenvalue weighted by Gasteiger charge is -2.46. The number of benzene rings is 2. The fourth-order valence-electron chi connectivity index (χ4n) is 6.75. The third-order valence-corrected chi connectivity index (χ3v) is 10.4. The molecular weight excluding hydrogens is 561 g/mol. The van der Waals surface area contributed by atoms with Crippen LogP contribution in [-0.4, -0.2) is 59.3 Å². The van der Waals surface area contributed by atoms with E-state index in [1.807, 2.05) is 29.8 Å². The number of likely N-dealkylation sites (tertiary alicyclic amines) is 1. The number of aryl methyl sites for hydroxylation is 1. The van der Waals surface area contributed by atoms with E-state index in [2.05, 4.69) is 51.6 Å². The minimum absolute atomic E-state index is 0.154. The second-order valence-electron chi connectivity index (χ2n) is 12.5. The monoisotopic (exact) mass is 595 g/mol. The lowest BCUT2D eigenvalue weighted by molar-refractivity contribution is 0.0996. The molecule has 11 heteroatoms. The van der Waals surface area contributed by atoms with Crippen molar-refractivity contribution in [3.05, 3.63) is 76.4 Å². The van der Waals surface area contributed by atoms with E-state index in [-0.39, 0.29) is 34.2 Å². The van der Waals surface area contributed by atoms with Gasteiger partial charge in [0.2, 0.25) is 0 Å². The van der Waals surface area contributed by atoms with Gasteiger partial charge in [-0.15, -0.1) is 41.0 Å². The van der Waals surface area contributed by atoms with Gasteiger partial charge in [-0.05, 0) is 79.2 Å². The van der Waals surface area contributed by atoms with Gasteiger partial charge < -0.3 is 9.47 Å². The summed E-state index contributed by atoms with van der Waals surface area (Å²) < 4.78 is 17.2. The van der Waals surface area contributed by atoms with E-state index in [1.54, 1.807) is 17.3 Å². The Morgan fingerprint density at radius 3 is 2.57 bits per heavy atom. The van der Waals surface area contributed by atoms with Gasteiger partial charge in [0, 0.05) is 47.5 Å². The second kappa shape index (κ2) is 10.9. The van der Waals surface area contributed by atoms with Crippen molar-refractivity contribution in [2.75, 3.05) is 18.0 Å². The van der Waals surface area contributed by atoms with Crippen LogP contribution < -0.4 is 4.90 Å². The molecule has 212 valence electrons. The van der Waals surface area contributed by atoms with E-state index in [0.717, 1.165) is 61.4 Å². The van der Waals surface area contributed by atoms with Crippen molar-refractivity contribution in [1.82, 2.24) is 19.7 Å². The first kappa shape index (κ1) is 29.6. The molecule has 2 aliphatic heterocycles. The summed E-state index contributed by atoms with van der Waals surface area (Å²) in [6, 6.07) is 11.7. The molecule has 0 spiro atoms. The van der Waals surface area contributed by atoms with E-state index in [4.69, 9.17) is 22.1 Å². The molecule has 2 unspecified atom stereocenters. The Kier molecular flexibility index (Phi) is 7.66. The van der Waals surface area contributed by atoms with Crippen LogP contribution in [0.5, 0.6) is 0 Å². The third kappa shape index (κ3) is 5.59. The summed E-state index contributed by atoms with van der Waals surface area (Å²) in [5.41, 5.74) is 1.08. The number of piperidine rings is 1. The molecule has 3 aliphatic rings. The maximum atomic E-state index is 15.2. The fourth-order valence-corrected chi connectivity index (χ4v) is 7.27. The number of hydrogen-bond donors (Lipinski definition) is 0. The number of fused-ring (bicyclic) bond motifs is 1. The summed E-state index contributed by atoms with van der Waals surface area (Å²) in [7, 11) is 19.5. The highest BCUT2D eigenvalue weighted by atomic mass is 31.1. The topological polar surface area (TPSA) is 54.3 Å². The molecule has 1 aromatic heterocycles. The first-order chi connectivity index (χ1) is 19.9. The Hall–Kier alpha value is -2.51. The number of halogens is 1. The molecule has 1 amide bonds. The number of carbonyl (C=O) groups is 1.